The molecule has 0 aromatic rings. The lowest BCUT2D eigenvalue weighted by Crippen LogP contribution is -2.49. The first kappa shape index (κ1) is 8.91. The first-order valence-corrected chi connectivity index (χ1v) is 4.64. The molecule has 2 fully saturated rings. The Hall–Kier alpha value is -0.670. The molecule has 72 valence electrons. The van der Waals surface area contributed by atoms with Gasteiger partial charge in [0.05, 0.1) is 0 Å². The van der Waals surface area contributed by atoms with E-state index in [1.165, 1.54) is 0 Å². The monoisotopic (exact) mass is 182 g/mol. The topological polar surface area (TPSA) is 35.5 Å². The molecule has 1 saturated heterocycles. The number of carbonyl (C=O) groups excluding carboxylic acids is 1. The molecule has 3 atom stereocenters. The molecule has 1 aliphatic carbocycles. The molecular formula is C10H14O3. The first-order valence-electron chi connectivity index (χ1n) is 4.64. The van der Waals surface area contributed by atoms with E-state index in [1.54, 1.807) is 6.92 Å². The van der Waals surface area contributed by atoms with Crippen LogP contribution in [0.2, 0.25) is 0 Å². The third kappa shape index (κ3) is 1.32. The highest BCUT2D eigenvalue weighted by molar-refractivity contribution is 5.62. The minimum Gasteiger partial charge on any atom is -0.300 e. The molecule has 1 saturated carbocycles. The van der Waals surface area contributed by atoms with Crippen LogP contribution in [-0.2, 0) is 14.6 Å². The maximum Gasteiger partial charge on any atom is 0.158 e. The smallest absolute Gasteiger partial charge is 0.158 e. The molecule has 3 heteroatoms. The van der Waals surface area contributed by atoms with Gasteiger partial charge in [-0.15, -0.1) is 0 Å². The van der Waals surface area contributed by atoms with Crippen LogP contribution in [0, 0.1) is 5.92 Å². The summed E-state index contributed by atoms with van der Waals surface area (Å²) in [6.07, 6.45) is 3.65. The summed E-state index contributed by atoms with van der Waals surface area (Å²) in [5.41, 5.74) is 0.348. The van der Waals surface area contributed by atoms with Crippen molar-refractivity contribution in [3.63, 3.8) is 0 Å². The van der Waals surface area contributed by atoms with E-state index in [1.807, 2.05) is 0 Å². The van der Waals surface area contributed by atoms with E-state index in [9.17, 15) is 4.79 Å². The third-order valence-corrected chi connectivity index (χ3v) is 3.16. The maximum atomic E-state index is 10.8. The molecule has 0 spiro atoms. The van der Waals surface area contributed by atoms with Crippen LogP contribution in [0.4, 0.5) is 0 Å². The zero-order valence-electron chi connectivity index (χ0n) is 7.79. The largest absolute Gasteiger partial charge is 0.300 e. The van der Waals surface area contributed by atoms with Gasteiger partial charge in [-0.25, -0.2) is 9.78 Å². The molecule has 3 nitrogen and oxygen atoms in total. The molecule has 2 bridgehead atoms. The summed E-state index contributed by atoms with van der Waals surface area (Å²) >= 11 is 0. The molecule has 0 radical (unpaired) electrons. The molecular weight excluding hydrogens is 168 g/mol. The Labute approximate surface area is 77.6 Å². The van der Waals surface area contributed by atoms with Gasteiger partial charge in [0.1, 0.15) is 6.10 Å². The van der Waals surface area contributed by atoms with Gasteiger partial charge in [-0.3, -0.25) is 0 Å². The van der Waals surface area contributed by atoms with Gasteiger partial charge in [-0.05, 0) is 31.8 Å². The summed E-state index contributed by atoms with van der Waals surface area (Å²) in [6, 6.07) is 0. The Morgan fingerprint density at radius 3 is 3.15 bits per heavy atom. The number of fused-ring (bicyclic) bond motifs is 2. The van der Waals surface area contributed by atoms with Gasteiger partial charge >= 0.3 is 0 Å². The van der Waals surface area contributed by atoms with Crippen molar-refractivity contribution in [2.24, 2.45) is 5.92 Å². The molecule has 1 heterocycles. The molecule has 13 heavy (non-hydrogen) atoms. The van der Waals surface area contributed by atoms with E-state index in [-0.39, 0.29) is 12.0 Å². The van der Waals surface area contributed by atoms with Crippen molar-refractivity contribution in [3.05, 3.63) is 12.2 Å². The summed E-state index contributed by atoms with van der Waals surface area (Å²) in [4.78, 5) is 21.1. The van der Waals surface area contributed by atoms with Gasteiger partial charge in [0, 0.05) is 5.92 Å². The maximum absolute atomic E-state index is 10.8. The standard InChI is InChI=1S/C10H14O3/c1-7-3-4-8-5-9(7)12-13-10(8,2)6-11/h6,8-9H,1,3-5H2,2H3/t8-,9-,10+/m0/s1. The summed E-state index contributed by atoms with van der Waals surface area (Å²) in [7, 11) is 0. The minimum absolute atomic E-state index is 0.00627. The fourth-order valence-electron chi connectivity index (χ4n) is 2.04. The number of aldehydes is 1. The van der Waals surface area contributed by atoms with E-state index in [0.29, 0.717) is 0 Å². The molecule has 0 unspecified atom stereocenters. The predicted molar refractivity (Wildman–Crippen MR) is 46.9 cm³/mol. The fourth-order valence-corrected chi connectivity index (χ4v) is 2.04. The highest BCUT2D eigenvalue weighted by atomic mass is 17.2. The van der Waals surface area contributed by atoms with Crippen molar-refractivity contribution < 1.29 is 14.6 Å². The Bertz CT molecular complexity index is 249. The normalized spacial score (nSPS) is 44.5. The van der Waals surface area contributed by atoms with Gasteiger partial charge in [0.2, 0.25) is 0 Å². The molecule has 2 aliphatic rings. The lowest BCUT2D eigenvalue weighted by Gasteiger charge is -2.43. The number of carbonyl (C=O) groups is 1. The number of hydrogen-bond donors (Lipinski definition) is 0. The Morgan fingerprint density at radius 1 is 1.69 bits per heavy atom. The van der Waals surface area contributed by atoms with Crippen LogP contribution in [-0.4, -0.2) is 18.0 Å². The van der Waals surface area contributed by atoms with Crippen molar-refractivity contribution in [2.45, 2.75) is 37.9 Å². The molecule has 0 amide bonds. The van der Waals surface area contributed by atoms with E-state index >= 15 is 0 Å². The second-order valence-corrected chi connectivity index (χ2v) is 4.10. The lowest BCUT2D eigenvalue weighted by molar-refractivity contribution is -0.402. The zero-order chi connectivity index (χ0) is 9.47. The Kier molecular flexibility index (Phi) is 2.00. The van der Waals surface area contributed by atoms with E-state index in [0.717, 1.165) is 31.1 Å². The van der Waals surface area contributed by atoms with Crippen LogP contribution in [0.1, 0.15) is 26.2 Å². The summed E-state index contributed by atoms with van der Waals surface area (Å²) < 4.78 is 0. The Balaban J connectivity index is 2.17. The van der Waals surface area contributed by atoms with Crippen molar-refractivity contribution >= 4 is 6.29 Å². The van der Waals surface area contributed by atoms with Crippen molar-refractivity contribution in [3.8, 4) is 0 Å². The van der Waals surface area contributed by atoms with Crippen molar-refractivity contribution in [1.82, 2.24) is 0 Å². The Morgan fingerprint density at radius 2 is 2.46 bits per heavy atom. The lowest BCUT2D eigenvalue weighted by atomic mass is 9.75. The molecule has 0 aromatic carbocycles. The summed E-state index contributed by atoms with van der Waals surface area (Å²) in [5, 5.41) is 0. The summed E-state index contributed by atoms with van der Waals surface area (Å²) in [6.45, 7) is 5.70. The van der Waals surface area contributed by atoms with Crippen LogP contribution in [0.25, 0.3) is 0 Å². The van der Waals surface area contributed by atoms with Crippen LogP contribution in [0.5, 0.6) is 0 Å². The van der Waals surface area contributed by atoms with Gasteiger partial charge in [0.25, 0.3) is 0 Å². The molecule has 2 rings (SSSR count). The predicted octanol–water partition coefficient (Wildman–Crippen LogP) is 1.63. The minimum atomic E-state index is -0.739. The zero-order valence-corrected chi connectivity index (χ0v) is 7.79. The SMILES string of the molecule is C=C1CC[C@H]2C[C@@H]1OO[C@]2(C)C=O. The molecule has 0 N–H and O–H groups in total. The highest BCUT2D eigenvalue weighted by Gasteiger charge is 2.45. The third-order valence-electron chi connectivity index (χ3n) is 3.16. The van der Waals surface area contributed by atoms with Crippen LogP contribution < -0.4 is 0 Å². The second-order valence-electron chi connectivity index (χ2n) is 4.10. The fraction of sp³-hybridized carbons (Fsp3) is 0.700. The van der Waals surface area contributed by atoms with Crippen LogP contribution >= 0.6 is 0 Å². The number of rotatable bonds is 1. The second kappa shape index (κ2) is 2.93. The molecule has 0 aromatic heterocycles. The van der Waals surface area contributed by atoms with E-state index in [4.69, 9.17) is 9.78 Å². The van der Waals surface area contributed by atoms with Gasteiger partial charge < -0.3 is 4.79 Å². The van der Waals surface area contributed by atoms with E-state index in [2.05, 4.69) is 6.58 Å². The van der Waals surface area contributed by atoms with Gasteiger partial charge in [0.15, 0.2) is 11.9 Å². The van der Waals surface area contributed by atoms with Gasteiger partial charge in [-0.2, -0.15) is 0 Å². The first-order chi connectivity index (χ1) is 6.15. The summed E-state index contributed by atoms with van der Waals surface area (Å²) in [5.74, 6) is 0.286. The average molecular weight is 182 g/mol. The highest BCUT2D eigenvalue weighted by Crippen LogP contribution is 2.41. The van der Waals surface area contributed by atoms with Gasteiger partial charge in [-0.1, -0.05) is 6.58 Å². The van der Waals surface area contributed by atoms with Crippen molar-refractivity contribution in [1.29, 1.82) is 0 Å². The molecule has 1 aliphatic heterocycles. The van der Waals surface area contributed by atoms with Crippen molar-refractivity contribution in [2.75, 3.05) is 0 Å². The van der Waals surface area contributed by atoms with Crippen LogP contribution in [0.3, 0.4) is 0 Å². The van der Waals surface area contributed by atoms with Crippen LogP contribution in [0.15, 0.2) is 12.2 Å². The quantitative estimate of drug-likeness (QED) is 0.351. The van der Waals surface area contributed by atoms with E-state index < -0.39 is 5.60 Å². The average Bonchev–Trinajstić information content (AvgIpc) is 2.16. The number of hydrogen-bond acceptors (Lipinski definition) is 3.